The minimum Gasteiger partial charge on any atom is -0.480 e. The number of hydrogen-bond donors (Lipinski definition) is 4. The molecular weight excluding hydrogens is 830 g/mol. The topological polar surface area (TPSA) is 169 Å². The Morgan fingerprint density at radius 1 is 0.500 bits per heavy atom. The molecule has 376 valence electrons. The van der Waals surface area contributed by atoms with Crippen LogP contribution in [-0.2, 0) is 32.7 Å². The number of amides is 1. The van der Waals surface area contributed by atoms with Crippen LogP contribution in [0.4, 0.5) is 0 Å². The number of phosphoric acid groups is 1. The first-order valence-corrected chi connectivity index (χ1v) is 27.9. The van der Waals surface area contributed by atoms with Gasteiger partial charge in [0.05, 0.1) is 13.2 Å². The van der Waals surface area contributed by atoms with Crippen LogP contribution in [0.5, 0.6) is 0 Å². The summed E-state index contributed by atoms with van der Waals surface area (Å²) in [5, 5.41) is 21.9. The van der Waals surface area contributed by atoms with Crippen LogP contribution < -0.4 is 5.32 Å². The molecule has 11 nitrogen and oxygen atoms in total. The highest BCUT2D eigenvalue weighted by Gasteiger charge is 2.28. The SMILES string of the molecule is CCCCCC/C=C\C/C=C\CCCCCCCCCC(=O)NC(COP(=O)(O)OCC(O)COC(=O)CCCCCCCCCCCCCCCCCCCCCCCC)C(=O)O. The van der Waals surface area contributed by atoms with Crippen molar-refractivity contribution in [3.05, 3.63) is 24.3 Å². The molecule has 0 rings (SSSR count). The summed E-state index contributed by atoms with van der Waals surface area (Å²) in [5.41, 5.74) is 0. The average Bonchev–Trinajstić information content (AvgIpc) is 3.27. The fraction of sp³-hybridized carbons (Fsp3) is 0.865. The molecule has 1 amide bonds. The first-order chi connectivity index (χ1) is 31.1. The van der Waals surface area contributed by atoms with Gasteiger partial charge in [-0.15, -0.1) is 0 Å². The van der Waals surface area contributed by atoms with E-state index in [1.54, 1.807) is 0 Å². The molecule has 0 aromatic rings. The summed E-state index contributed by atoms with van der Waals surface area (Å²) in [7, 11) is -4.76. The van der Waals surface area contributed by atoms with Crippen molar-refractivity contribution < 1.29 is 47.8 Å². The molecule has 0 saturated carbocycles. The quantitative estimate of drug-likeness (QED) is 0.0199. The number of rotatable bonds is 50. The van der Waals surface area contributed by atoms with Gasteiger partial charge in [0.1, 0.15) is 12.7 Å². The van der Waals surface area contributed by atoms with E-state index < -0.39 is 57.6 Å². The second-order valence-corrected chi connectivity index (χ2v) is 19.5. The maximum atomic E-state index is 12.4. The lowest BCUT2D eigenvalue weighted by molar-refractivity contribution is -0.147. The number of carbonyl (C=O) groups is 3. The summed E-state index contributed by atoms with van der Waals surface area (Å²) >= 11 is 0. The van der Waals surface area contributed by atoms with Crippen molar-refractivity contribution in [1.29, 1.82) is 0 Å². The number of ether oxygens (including phenoxy) is 1. The molecule has 0 saturated heterocycles. The van der Waals surface area contributed by atoms with E-state index >= 15 is 0 Å². The number of carbonyl (C=O) groups excluding carboxylic acids is 2. The molecule has 0 aliphatic carbocycles. The van der Waals surface area contributed by atoms with Gasteiger partial charge in [-0.3, -0.25) is 18.6 Å². The Morgan fingerprint density at radius 2 is 0.859 bits per heavy atom. The lowest BCUT2D eigenvalue weighted by Crippen LogP contribution is -2.43. The van der Waals surface area contributed by atoms with Crippen LogP contribution in [0.2, 0.25) is 0 Å². The van der Waals surface area contributed by atoms with Crippen molar-refractivity contribution in [2.75, 3.05) is 19.8 Å². The number of nitrogens with one attached hydrogen (secondary N) is 1. The molecule has 0 aromatic heterocycles. The van der Waals surface area contributed by atoms with Gasteiger partial charge in [-0.2, -0.15) is 0 Å². The normalized spacial score (nSPS) is 13.7. The van der Waals surface area contributed by atoms with Gasteiger partial charge in [0.2, 0.25) is 5.91 Å². The number of allylic oxidation sites excluding steroid dienone is 4. The van der Waals surface area contributed by atoms with Gasteiger partial charge in [0.25, 0.3) is 0 Å². The van der Waals surface area contributed by atoms with Gasteiger partial charge in [-0.25, -0.2) is 9.36 Å². The minimum absolute atomic E-state index is 0.138. The second kappa shape index (κ2) is 47.5. The first-order valence-electron chi connectivity index (χ1n) is 26.4. The molecule has 3 atom stereocenters. The monoisotopic (exact) mass is 928 g/mol. The minimum atomic E-state index is -4.76. The third-order valence-electron chi connectivity index (χ3n) is 11.7. The third kappa shape index (κ3) is 46.5. The number of unbranched alkanes of at least 4 members (excludes halogenated alkanes) is 32. The van der Waals surface area contributed by atoms with Crippen LogP contribution in [0.15, 0.2) is 24.3 Å². The number of phosphoric ester groups is 1. The number of hydrogen-bond acceptors (Lipinski definition) is 8. The number of aliphatic hydroxyl groups excluding tert-OH is 1. The summed E-state index contributed by atoms with van der Waals surface area (Å²) < 4.78 is 27.0. The highest BCUT2D eigenvalue weighted by molar-refractivity contribution is 7.47. The maximum absolute atomic E-state index is 12.4. The Kier molecular flexibility index (Phi) is 45.9. The molecule has 0 aliphatic rings. The predicted molar refractivity (Wildman–Crippen MR) is 263 cm³/mol. The van der Waals surface area contributed by atoms with E-state index in [1.807, 2.05) is 0 Å². The van der Waals surface area contributed by atoms with Gasteiger partial charge in [-0.1, -0.05) is 224 Å². The molecule has 0 spiro atoms. The molecular formula is C52H98NO10P. The maximum Gasteiger partial charge on any atom is 0.472 e. The van der Waals surface area contributed by atoms with Gasteiger partial charge in [0, 0.05) is 12.8 Å². The van der Waals surface area contributed by atoms with Gasteiger partial charge < -0.3 is 25.2 Å². The fourth-order valence-electron chi connectivity index (χ4n) is 7.64. The zero-order chi connectivity index (χ0) is 47.0. The Bertz CT molecular complexity index is 1180. The summed E-state index contributed by atoms with van der Waals surface area (Å²) in [5.74, 6) is -2.37. The van der Waals surface area contributed by atoms with Crippen LogP contribution in [-0.4, -0.2) is 64.9 Å². The molecule has 3 unspecified atom stereocenters. The van der Waals surface area contributed by atoms with Crippen LogP contribution >= 0.6 is 7.82 Å². The summed E-state index contributed by atoms with van der Waals surface area (Å²) in [6.07, 6.45) is 52.0. The van der Waals surface area contributed by atoms with E-state index in [0.29, 0.717) is 12.8 Å². The van der Waals surface area contributed by atoms with Crippen molar-refractivity contribution in [3.8, 4) is 0 Å². The van der Waals surface area contributed by atoms with E-state index in [0.717, 1.165) is 57.8 Å². The van der Waals surface area contributed by atoms with Crippen LogP contribution in [0.3, 0.4) is 0 Å². The molecule has 4 N–H and O–H groups in total. The van der Waals surface area contributed by atoms with Crippen LogP contribution in [0.1, 0.15) is 258 Å². The highest BCUT2D eigenvalue weighted by atomic mass is 31.2. The van der Waals surface area contributed by atoms with E-state index in [9.17, 15) is 34.1 Å². The Morgan fingerprint density at radius 3 is 1.28 bits per heavy atom. The standard InChI is InChI=1S/C52H98NO10P/c1-3-5-7-9-11-13-15-17-19-21-23-24-25-26-28-30-32-34-36-38-40-42-44-51(56)61-45-48(54)46-62-64(59,60)63-47-49(52(57)58)53-50(55)43-41-39-37-35-33-31-29-27-22-20-18-16-14-12-10-8-6-4-2/h14,16,20,22,48-49,54H,3-13,15,17-19,21,23-47H2,1-2H3,(H,53,55)(H,57,58)(H,59,60)/b16-14-,22-20-. The zero-order valence-electron chi connectivity index (χ0n) is 41.1. The van der Waals surface area contributed by atoms with Crippen LogP contribution in [0.25, 0.3) is 0 Å². The molecule has 0 aromatic carbocycles. The lowest BCUT2D eigenvalue weighted by Gasteiger charge is -2.18. The Balaban J connectivity index is 3.79. The fourth-order valence-corrected chi connectivity index (χ4v) is 8.41. The molecule has 0 bridgehead atoms. The smallest absolute Gasteiger partial charge is 0.472 e. The lowest BCUT2D eigenvalue weighted by atomic mass is 10.0. The van der Waals surface area contributed by atoms with Crippen molar-refractivity contribution >= 4 is 25.7 Å². The third-order valence-corrected chi connectivity index (χ3v) is 12.7. The van der Waals surface area contributed by atoms with Crippen LogP contribution in [0, 0.1) is 0 Å². The summed E-state index contributed by atoms with van der Waals surface area (Å²) in [4.78, 5) is 46.1. The van der Waals surface area contributed by atoms with E-state index in [2.05, 4.69) is 43.5 Å². The highest BCUT2D eigenvalue weighted by Crippen LogP contribution is 2.43. The first kappa shape index (κ1) is 62.0. The van der Waals surface area contributed by atoms with Crippen molar-refractivity contribution in [2.24, 2.45) is 0 Å². The van der Waals surface area contributed by atoms with E-state index in [-0.39, 0.29) is 12.8 Å². The largest absolute Gasteiger partial charge is 0.480 e. The molecule has 0 heterocycles. The van der Waals surface area contributed by atoms with E-state index in [1.165, 1.54) is 161 Å². The number of carboxylic acid groups (broad SMARTS) is 1. The summed E-state index contributed by atoms with van der Waals surface area (Å²) in [6.45, 7) is 2.62. The van der Waals surface area contributed by atoms with Crippen molar-refractivity contribution in [1.82, 2.24) is 5.32 Å². The summed E-state index contributed by atoms with van der Waals surface area (Å²) in [6, 6.07) is -1.55. The molecule has 12 heteroatoms. The number of esters is 1. The zero-order valence-corrected chi connectivity index (χ0v) is 42.0. The molecule has 0 fully saturated rings. The number of aliphatic hydroxyl groups is 1. The average molecular weight is 928 g/mol. The Labute approximate surface area is 391 Å². The Hall–Kier alpha value is -2.04. The van der Waals surface area contributed by atoms with E-state index in [4.69, 9.17) is 13.8 Å². The molecule has 0 radical (unpaired) electrons. The molecule has 0 aliphatic heterocycles. The number of aliphatic carboxylic acids is 1. The second-order valence-electron chi connectivity index (χ2n) is 18.1. The van der Waals surface area contributed by atoms with Gasteiger partial charge >= 0.3 is 19.8 Å². The van der Waals surface area contributed by atoms with Gasteiger partial charge in [0.15, 0.2) is 6.04 Å². The molecule has 64 heavy (non-hydrogen) atoms. The predicted octanol–water partition coefficient (Wildman–Crippen LogP) is 14.6. The van der Waals surface area contributed by atoms with Crippen molar-refractivity contribution in [2.45, 2.75) is 270 Å². The number of carboxylic acids is 1. The van der Waals surface area contributed by atoms with Crippen molar-refractivity contribution in [3.63, 3.8) is 0 Å². The van der Waals surface area contributed by atoms with Gasteiger partial charge in [-0.05, 0) is 44.9 Å².